The van der Waals surface area contributed by atoms with Crippen molar-refractivity contribution in [3.63, 3.8) is 0 Å². The molecule has 12 heteroatoms. The summed E-state index contributed by atoms with van der Waals surface area (Å²) in [6.45, 7) is -0.628. The Balaban J connectivity index is 1.62. The molecule has 2 amide bonds. The van der Waals surface area contributed by atoms with Crippen molar-refractivity contribution >= 4 is 34.4 Å². The third-order valence-electron chi connectivity index (χ3n) is 4.90. The molecular weight excluding hydrogens is 433 g/mol. The zero-order valence-corrected chi connectivity index (χ0v) is 17.6. The van der Waals surface area contributed by atoms with E-state index in [1.54, 1.807) is 19.2 Å². The van der Waals surface area contributed by atoms with Gasteiger partial charge in [-0.1, -0.05) is 6.07 Å². The Morgan fingerprint density at radius 3 is 2.55 bits per heavy atom. The maximum Gasteiger partial charge on any atom is 0.332 e. The maximum absolute atomic E-state index is 13.9. The number of hydrogen-bond donors (Lipinski definition) is 2. The van der Waals surface area contributed by atoms with Crippen molar-refractivity contribution in [2.75, 3.05) is 10.6 Å². The summed E-state index contributed by atoms with van der Waals surface area (Å²) in [5.41, 5.74) is -0.889. The van der Waals surface area contributed by atoms with Crippen LogP contribution in [0.2, 0.25) is 0 Å². The average Bonchev–Trinajstić information content (AvgIpc) is 3.19. The third kappa shape index (κ3) is 4.13. The normalized spacial score (nSPS) is 10.9. The molecule has 0 saturated carbocycles. The molecule has 0 aliphatic heterocycles. The molecule has 3 aromatic heterocycles. The van der Waals surface area contributed by atoms with Gasteiger partial charge in [-0.15, -0.1) is 0 Å². The standard InChI is InChI=1S/C21H18FN7O4/c1-27-11-24-18-17(27)20(32)29(21(33)28(18)2)10-16(30)25-15-9-12(22)6-7-13(15)26-19(31)14-5-3-4-8-23-14/h3-9,11H,10H2,1-2H3,(H,25,30)(H,26,31). The zero-order chi connectivity index (χ0) is 23.7. The summed E-state index contributed by atoms with van der Waals surface area (Å²) in [4.78, 5) is 58.4. The topological polar surface area (TPSA) is 133 Å². The summed E-state index contributed by atoms with van der Waals surface area (Å²) < 4.78 is 17.2. The van der Waals surface area contributed by atoms with Gasteiger partial charge in [0, 0.05) is 20.3 Å². The summed E-state index contributed by atoms with van der Waals surface area (Å²) in [6.07, 6.45) is 2.83. The third-order valence-corrected chi connectivity index (χ3v) is 4.90. The number of imidazole rings is 1. The molecule has 0 fully saturated rings. The van der Waals surface area contributed by atoms with Crippen LogP contribution < -0.4 is 21.9 Å². The fourth-order valence-corrected chi connectivity index (χ4v) is 3.28. The molecule has 4 aromatic rings. The molecule has 0 spiro atoms. The van der Waals surface area contributed by atoms with Gasteiger partial charge >= 0.3 is 5.69 Å². The minimum Gasteiger partial charge on any atom is -0.328 e. The Labute approximate surface area is 185 Å². The Morgan fingerprint density at radius 2 is 1.82 bits per heavy atom. The van der Waals surface area contributed by atoms with Crippen LogP contribution in [0.15, 0.2) is 58.5 Å². The van der Waals surface area contributed by atoms with E-state index in [-0.39, 0.29) is 28.2 Å². The largest absolute Gasteiger partial charge is 0.332 e. The number of carbonyl (C=O) groups excluding carboxylic acids is 2. The first-order valence-electron chi connectivity index (χ1n) is 9.69. The van der Waals surface area contributed by atoms with Crippen LogP contribution in [0, 0.1) is 5.82 Å². The van der Waals surface area contributed by atoms with E-state index >= 15 is 0 Å². The SMILES string of the molecule is Cn1cnc2c1c(=O)n(CC(=O)Nc1cc(F)ccc1NC(=O)c1ccccn1)c(=O)n2C. The molecule has 4 rings (SSSR count). The van der Waals surface area contributed by atoms with Crippen molar-refractivity contribution in [2.24, 2.45) is 14.1 Å². The van der Waals surface area contributed by atoms with Crippen molar-refractivity contribution in [2.45, 2.75) is 6.54 Å². The predicted molar refractivity (Wildman–Crippen MR) is 117 cm³/mol. The highest BCUT2D eigenvalue weighted by Crippen LogP contribution is 2.23. The first-order valence-corrected chi connectivity index (χ1v) is 9.69. The molecule has 11 nitrogen and oxygen atoms in total. The first-order chi connectivity index (χ1) is 15.8. The van der Waals surface area contributed by atoms with E-state index in [1.165, 1.54) is 36.3 Å². The number of hydrogen-bond acceptors (Lipinski definition) is 6. The number of pyridine rings is 1. The lowest BCUT2D eigenvalue weighted by Crippen LogP contribution is -2.42. The fraction of sp³-hybridized carbons (Fsp3) is 0.143. The number of nitrogens with one attached hydrogen (secondary N) is 2. The number of nitrogens with zero attached hydrogens (tertiary/aromatic N) is 5. The number of aromatic nitrogens is 5. The highest BCUT2D eigenvalue weighted by molar-refractivity contribution is 6.06. The van der Waals surface area contributed by atoms with E-state index < -0.39 is 35.4 Å². The highest BCUT2D eigenvalue weighted by Gasteiger charge is 2.18. The minimum absolute atomic E-state index is 0.0456. The van der Waals surface area contributed by atoms with Crippen molar-refractivity contribution < 1.29 is 14.0 Å². The van der Waals surface area contributed by atoms with E-state index in [2.05, 4.69) is 20.6 Å². The lowest BCUT2D eigenvalue weighted by atomic mass is 10.2. The molecule has 0 bridgehead atoms. The van der Waals surface area contributed by atoms with Gasteiger partial charge in [0.15, 0.2) is 11.2 Å². The smallest absolute Gasteiger partial charge is 0.328 e. The van der Waals surface area contributed by atoms with Gasteiger partial charge in [0.1, 0.15) is 18.1 Å². The van der Waals surface area contributed by atoms with Gasteiger partial charge in [-0.25, -0.2) is 18.7 Å². The van der Waals surface area contributed by atoms with E-state index in [4.69, 9.17) is 0 Å². The van der Waals surface area contributed by atoms with Gasteiger partial charge in [0.25, 0.3) is 11.5 Å². The van der Waals surface area contributed by atoms with Gasteiger partial charge in [-0.05, 0) is 30.3 Å². The van der Waals surface area contributed by atoms with Gasteiger partial charge in [0.05, 0.1) is 17.7 Å². The molecule has 0 saturated heterocycles. The van der Waals surface area contributed by atoms with Gasteiger partial charge < -0.3 is 15.2 Å². The lowest BCUT2D eigenvalue weighted by molar-refractivity contribution is -0.116. The number of anilines is 2. The number of aryl methyl sites for hydroxylation is 2. The van der Waals surface area contributed by atoms with E-state index in [0.717, 1.165) is 21.3 Å². The molecule has 168 valence electrons. The molecule has 2 N–H and O–H groups in total. The van der Waals surface area contributed by atoms with Gasteiger partial charge in [-0.3, -0.25) is 23.9 Å². The fourth-order valence-electron chi connectivity index (χ4n) is 3.28. The Kier molecular flexibility index (Phi) is 5.56. The zero-order valence-electron chi connectivity index (χ0n) is 17.6. The summed E-state index contributed by atoms with van der Waals surface area (Å²) in [7, 11) is 3.03. The molecule has 0 unspecified atom stereocenters. The van der Waals surface area contributed by atoms with Crippen LogP contribution in [0.4, 0.5) is 15.8 Å². The summed E-state index contributed by atoms with van der Waals surface area (Å²) in [5, 5.41) is 5.00. The number of halogens is 1. The minimum atomic E-state index is -0.769. The van der Waals surface area contributed by atoms with Crippen molar-refractivity contribution in [3.8, 4) is 0 Å². The van der Waals surface area contributed by atoms with E-state index in [9.17, 15) is 23.6 Å². The van der Waals surface area contributed by atoms with E-state index in [1.807, 2.05) is 0 Å². The van der Waals surface area contributed by atoms with Crippen LogP contribution in [0.5, 0.6) is 0 Å². The molecule has 0 atom stereocenters. The number of amides is 2. The molecular formula is C21H18FN7O4. The second kappa shape index (κ2) is 8.49. The van der Waals surface area contributed by atoms with Crippen LogP contribution in [0.25, 0.3) is 11.2 Å². The molecule has 0 radical (unpaired) electrons. The van der Waals surface area contributed by atoms with Crippen LogP contribution in [-0.4, -0.2) is 35.5 Å². The quantitative estimate of drug-likeness (QED) is 0.462. The van der Waals surface area contributed by atoms with E-state index in [0.29, 0.717) is 0 Å². The maximum atomic E-state index is 13.9. The van der Waals surface area contributed by atoms with Crippen molar-refractivity contribution in [1.29, 1.82) is 0 Å². The van der Waals surface area contributed by atoms with Gasteiger partial charge in [-0.2, -0.15) is 0 Å². The Bertz CT molecular complexity index is 1510. The van der Waals surface area contributed by atoms with Crippen molar-refractivity contribution in [1.82, 2.24) is 23.7 Å². The number of rotatable bonds is 5. The molecule has 33 heavy (non-hydrogen) atoms. The first kappa shape index (κ1) is 21.6. The van der Waals surface area contributed by atoms with Crippen LogP contribution >= 0.6 is 0 Å². The Hall–Kier alpha value is -4.61. The number of benzene rings is 1. The second-order valence-corrected chi connectivity index (χ2v) is 7.17. The van der Waals surface area contributed by atoms with Crippen LogP contribution in [0.1, 0.15) is 10.5 Å². The van der Waals surface area contributed by atoms with Crippen LogP contribution in [0.3, 0.4) is 0 Å². The monoisotopic (exact) mass is 451 g/mol. The summed E-state index contributed by atoms with van der Waals surface area (Å²) in [5.74, 6) is -2.00. The molecule has 0 aliphatic rings. The lowest BCUT2D eigenvalue weighted by Gasteiger charge is -2.13. The van der Waals surface area contributed by atoms with Crippen LogP contribution in [-0.2, 0) is 25.4 Å². The average molecular weight is 451 g/mol. The van der Waals surface area contributed by atoms with Crippen molar-refractivity contribution in [3.05, 3.63) is 81.3 Å². The summed E-state index contributed by atoms with van der Waals surface area (Å²) in [6, 6.07) is 8.17. The number of carbonyl (C=O) groups is 2. The highest BCUT2D eigenvalue weighted by atomic mass is 19.1. The Morgan fingerprint density at radius 1 is 1.03 bits per heavy atom. The number of fused-ring (bicyclic) bond motifs is 1. The predicted octanol–water partition coefficient (Wildman–Crippen LogP) is 0.859. The molecule has 3 heterocycles. The molecule has 0 aliphatic carbocycles. The molecule has 1 aromatic carbocycles. The van der Waals surface area contributed by atoms with Gasteiger partial charge in [0.2, 0.25) is 5.91 Å². The second-order valence-electron chi connectivity index (χ2n) is 7.17. The summed E-state index contributed by atoms with van der Waals surface area (Å²) >= 11 is 0.